The quantitative estimate of drug-likeness (QED) is 0.675. The Labute approximate surface area is 74.1 Å². The molecule has 1 aliphatic rings. The second-order valence-electron chi connectivity index (χ2n) is 2.92. The standard InChI is InChI=1S/C7H12F3NO2/c8-7(9,10)11-2-1-6(5-11)13-4-3-12/h6,12H,1-5H2. The molecule has 0 saturated carbocycles. The molecule has 1 atom stereocenters. The van der Waals surface area contributed by atoms with Crippen molar-refractivity contribution in [2.45, 2.75) is 18.8 Å². The van der Waals surface area contributed by atoms with Crippen LogP contribution in [0.2, 0.25) is 0 Å². The highest BCUT2D eigenvalue weighted by molar-refractivity contribution is 4.77. The predicted molar refractivity (Wildman–Crippen MR) is 39.1 cm³/mol. The van der Waals surface area contributed by atoms with Crippen molar-refractivity contribution in [3.63, 3.8) is 0 Å². The third-order valence-corrected chi connectivity index (χ3v) is 1.95. The molecule has 0 aromatic rings. The summed E-state index contributed by atoms with van der Waals surface area (Å²) in [6, 6.07) is 0. The lowest BCUT2D eigenvalue weighted by Crippen LogP contribution is -2.36. The molecular formula is C7H12F3NO2. The van der Waals surface area contributed by atoms with E-state index in [1.54, 1.807) is 0 Å². The minimum absolute atomic E-state index is 0.0143. The first kappa shape index (κ1) is 10.7. The number of rotatable bonds is 3. The first-order valence-electron chi connectivity index (χ1n) is 4.08. The summed E-state index contributed by atoms with van der Waals surface area (Å²) in [5, 5.41) is 8.39. The molecule has 0 bridgehead atoms. The summed E-state index contributed by atoms with van der Waals surface area (Å²) in [6.07, 6.45) is -4.27. The van der Waals surface area contributed by atoms with E-state index in [2.05, 4.69) is 0 Å². The number of hydrogen-bond donors (Lipinski definition) is 1. The van der Waals surface area contributed by atoms with Crippen LogP contribution in [-0.2, 0) is 4.74 Å². The SMILES string of the molecule is OCCOC1CCN(C(F)(F)F)C1. The van der Waals surface area contributed by atoms with E-state index in [1.807, 2.05) is 0 Å². The lowest BCUT2D eigenvalue weighted by molar-refractivity contribution is -0.240. The molecule has 0 spiro atoms. The normalized spacial score (nSPS) is 25.4. The summed E-state index contributed by atoms with van der Waals surface area (Å²) in [7, 11) is 0. The van der Waals surface area contributed by atoms with Gasteiger partial charge in [-0.1, -0.05) is 0 Å². The molecule has 1 N–H and O–H groups in total. The molecule has 78 valence electrons. The summed E-state index contributed by atoms with van der Waals surface area (Å²) >= 11 is 0. The van der Waals surface area contributed by atoms with Crippen LogP contribution in [0.3, 0.4) is 0 Å². The van der Waals surface area contributed by atoms with Gasteiger partial charge in [-0.25, -0.2) is 4.90 Å². The Morgan fingerprint density at radius 1 is 1.46 bits per heavy atom. The number of likely N-dealkylation sites (tertiary alicyclic amines) is 1. The first-order valence-corrected chi connectivity index (χ1v) is 4.08. The average molecular weight is 199 g/mol. The molecule has 1 saturated heterocycles. The van der Waals surface area contributed by atoms with Crippen molar-refractivity contribution in [3.05, 3.63) is 0 Å². The predicted octanol–water partition coefficient (Wildman–Crippen LogP) is 0.589. The van der Waals surface area contributed by atoms with E-state index in [4.69, 9.17) is 9.84 Å². The second kappa shape index (κ2) is 4.26. The van der Waals surface area contributed by atoms with Crippen LogP contribution >= 0.6 is 0 Å². The molecule has 0 aliphatic carbocycles. The van der Waals surface area contributed by atoms with Gasteiger partial charge >= 0.3 is 6.30 Å². The van der Waals surface area contributed by atoms with Gasteiger partial charge in [0.1, 0.15) is 0 Å². The Bertz CT molecular complexity index is 162. The molecule has 3 nitrogen and oxygen atoms in total. The minimum Gasteiger partial charge on any atom is -0.394 e. The summed E-state index contributed by atoms with van der Waals surface area (Å²) < 4.78 is 41.2. The fourth-order valence-electron chi connectivity index (χ4n) is 1.31. The summed E-state index contributed by atoms with van der Waals surface area (Å²) in [5.74, 6) is 0. The van der Waals surface area contributed by atoms with Crippen LogP contribution in [0.1, 0.15) is 6.42 Å². The van der Waals surface area contributed by atoms with Crippen LogP contribution < -0.4 is 0 Å². The van der Waals surface area contributed by atoms with Gasteiger partial charge in [-0.05, 0) is 6.42 Å². The first-order chi connectivity index (χ1) is 6.04. The van der Waals surface area contributed by atoms with Crippen LogP contribution in [0.4, 0.5) is 13.2 Å². The van der Waals surface area contributed by atoms with E-state index in [1.165, 1.54) is 0 Å². The molecule has 1 rings (SSSR count). The van der Waals surface area contributed by atoms with Gasteiger partial charge in [0.05, 0.1) is 19.3 Å². The topological polar surface area (TPSA) is 32.7 Å². The van der Waals surface area contributed by atoms with Gasteiger partial charge in [0.25, 0.3) is 0 Å². The van der Waals surface area contributed by atoms with Crippen LogP contribution in [0.5, 0.6) is 0 Å². The van der Waals surface area contributed by atoms with Gasteiger partial charge in [-0.3, -0.25) is 0 Å². The van der Waals surface area contributed by atoms with Gasteiger partial charge in [-0.2, -0.15) is 13.2 Å². The molecule has 0 radical (unpaired) electrons. The maximum Gasteiger partial charge on any atom is 0.460 e. The van der Waals surface area contributed by atoms with Gasteiger partial charge in [0.2, 0.25) is 0 Å². The molecule has 6 heteroatoms. The van der Waals surface area contributed by atoms with Crippen molar-refractivity contribution in [3.8, 4) is 0 Å². The number of alkyl halides is 3. The zero-order chi connectivity index (χ0) is 9.90. The minimum atomic E-state index is -4.25. The molecule has 0 aromatic heterocycles. The van der Waals surface area contributed by atoms with Crippen molar-refractivity contribution in [1.82, 2.24) is 4.90 Å². The smallest absolute Gasteiger partial charge is 0.394 e. The second-order valence-corrected chi connectivity index (χ2v) is 2.92. The highest BCUT2D eigenvalue weighted by atomic mass is 19.4. The number of ether oxygens (including phenoxy) is 1. The molecule has 1 aliphatic heterocycles. The van der Waals surface area contributed by atoms with Crippen molar-refractivity contribution >= 4 is 0 Å². The average Bonchev–Trinajstić information content (AvgIpc) is 2.47. The molecule has 0 aromatic carbocycles. The van der Waals surface area contributed by atoms with E-state index in [-0.39, 0.29) is 26.3 Å². The van der Waals surface area contributed by atoms with E-state index < -0.39 is 12.4 Å². The van der Waals surface area contributed by atoms with Crippen LogP contribution in [-0.4, -0.2) is 48.7 Å². The zero-order valence-electron chi connectivity index (χ0n) is 7.05. The molecule has 1 fully saturated rings. The molecule has 0 amide bonds. The Balaban J connectivity index is 2.28. The number of aliphatic hydroxyl groups excluding tert-OH is 1. The van der Waals surface area contributed by atoms with Crippen LogP contribution in [0.15, 0.2) is 0 Å². The van der Waals surface area contributed by atoms with Crippen molar-refractivity contribution < 1.29 is 23.0 Å². The monoisotopic (exact) mass is 199 g/mol. The van der Waals surface area contributed by atoms with Gasteiger partial charge < -0.3 is 9.84 Å². The molecule has 1 heterocycles. The lowest BCUT2D eigenvalue weighted by atomic mass is 10.3. The van der Waals surface area contributed by atoms with Crippen LogP contribution in [0, 0.1) is 0 Å². The number of aliphatic hydroxyl groups is 1. The maximum atomic E-state index is 12.1. The Hall–Kier alpha value is -0.330. The highest BCUT2D eigenvalue weighted by Crippen LogP contribution is 2.26. The van der Waals surface area contributed by atoms with Gasteiger partial charge in [0.15, 0.2) is 0 Å². The fourth-order valence-corrected chi connectivity index (χ4v) is 1.31. The van der Waals surface area contributed by atoms with Gasteiger partial charge in [0, 0.05) is 13.1 Å². The Kier molecular flexibility index (Phi) is 3.52. The highest BCUT2D eigenvalue weighted by Gasteiger charge is 2.41. The number of hydrogen-bond acceptors (Lipinski definition) is 3. The summed E-state index contributed by atoms with van der Waals surface area (Å²) in [4.78, 5) is 0.426. The van der Waals surface area contributed by atoms with Crippen LogP contribution in [0.25, 0.3) is 0 Å². The van der Waals surface area contributed by atoms with Crippen molar-refractivity contribution in [2.75, 3.05) is 26.3 Å². The maximum absolute atomic E-state index is 12.1. The van der Waals surface area contributed by atoms with Crippen molar-refractivity contribution in [1.29, 1.82) is 0 Å². The lowest BCUT2D eigenvalue weighted by Gasteiger charge is -2.18. The number of nitrogens with zero attached hydrogens (tertiary/aromatic N) is 1. The zero-order valence-corrected chi connectivity index (χ0v) is 7.05. The molecule has 1 unspecified atom stereocenters. The summed E-state index contributed by atoms with van der Waals surface area (Å²) in [6.45, 7) is -0.179. The molecule has 13 heavy (non-hydrogen) atoms. The number of halogens is 3. The summed E-state index contributed by atoms with van der Waals surface area (Å²) in [5.41, 5.74) is 0. The van der Waals surface area contributed by atoms with E-state index in [9.17, 15) is 13.2 Å². The van der Waals surface area contributed by atoms with Crippen molar-refractivity contribution in [2.24, 2.45) is 0 Å². The molecular weight excluding hydrogens is 187 g/mol. The third-order valence-electron chi connectivity index (χ3n) is 1.95. The van der Waals surface area contributed by atoms with E-state index >= 15 is 0 Å². The Morgan fingerprint density at radius 3 is 2.62 bits per heavy atom. The fraction of sp³-hybridized carbons (Fsp3) is 1.00. The largest absolute Gasteiger partial charge is 0.460 e. The Morgan fingerprint density at radius 2 is 2.15 bits per heavy atom. The van der Waals surface area contributed by atoms with E-state index in [0.29, 0.717) is 11.3 Å². The van der Waals surface area contributed by atoms with E-state index in [0.717, 1.165) is 0 Å². The third kappa shape index (κ3) is 3.13. The van der Waals surface area contributed by atoms with Gasteiger partial charge in [-0.15, -0.1) is 0 Å².